The second-order valence-corrected chi connectivity index (χ2v) is 4.77. The summed E-state index contributed by atoms with van der Waals surface area (Å²) in [6.45, 7) is 0. The molecule has 0 bridgehead atoms. The normalized spacial score (nSPS) is 12.8. The van der Waals surface area contributed by atoms with Crippen molar-refractivity contribution in [2.75, 3.05) is 5.88 Å². The monoisotopic (exact) mass is 263 g/mol. The van der Waals surface area contributed by atoms with E-state index in [1.165, 1.54) is 5.39 Å². The maximum absolute atomic E-state index is 5.70. The molecule has 18 heavy (non-hydrogen) atoms. The summed E-state index contributed by atoms with van der Waals surface area (Å²) in [5.41, 5.74) is 4.93. The molecule has 0 amide bonds. The Balaban J connectivity index is 2.10. The molecular weight excluding hydrogens is 246 g/mol. The largest absolute Gasteiger partial charge is 0.271 e. The van der Waals surface area contributed by atoms with Crippen LogP contribution >= 0.6 is 11.6 Å². The van der Waals surface area contributed by atoms with Crippen molar-refractivity contribution in [3.05, 3.63) is 42.1 Å². The number of nitrogens with zero attached hydrogens (tertiary/aromatic N) is 1. The van der Waals surface area contributed by atoms with E-state index in [0.717, 1.165) is 30.5 Å². The van der Waals surface area contributed by atoms with Gasteiger partial charge in [0.25, 0.3) is 0 Å². The van der Waals surface area contributed by atoms with Crippen LogP contribution in [0.15, 0.2) is 36.4 Å². The first-order valence-corrected chi connectivity index (χ1v) is 6.73. The van der Waals surface area contributed by atoms with Gasteiger partial charge in [0, 0.05) is 29.4 Å². The highest BCUT2D eigenvalue weighted by molar-refractivity contribution is 6.17. The van der Waals surface area contributed by atoms with E-state index < -0.39 is 0 Å². The van der Waals surface area contributed by atoms with Crippen molar-refractivity contribution >= 4 is 22.5 Å². The fourth-order valence-corrected chi connectivity index (χ4v) is 2.20. The molecule has 1 heterocycles. The minimum absolute atomic E-state index is 0.234. The topological polar surface area (TPSA) is 50.9 Å². The standard InChI is InChI=1S/C14H18ClN3/c15-9-3-5-13(18-16)10-12-8-7-11-4-1-2-6-14(11)17-12/h1-2,4,6-8,13,18H,3,5,9-10,16H2. The first-order valence-electron chi connectivity index (χ1n) is 6.20. The molecule has 3 N–H and O–H groups in total. The number of hydrogen-bond donors (Lipinski definition) is 2. The number of rotatable bonds is 6. The van der Waals surface area contributed by atoms with Crippen LogP contribution < -0.4 is 11.3 Å². The molecule has 2 aromatic rings. The van der Waals surface area contributed by atoms with E-state index in [0.29, 0.717) is 5.88 Å². The van der Waals surface area contributed by atoms with Crippen LogP contribution in [-0.2, 0) is 6.42 Å². The summed E-state index contributed by atoms with van der Waals surface area (Å²) in [4.78, 5) is 4.64. The molecule has 0 saturated carbocycles. The number of pyridine rings is 1. The Hall–Kier alpha value is -1.16. The molecule has 1 atom stereocenters. The van der Waals surface area contributed by atoms with Gasteiger partial charge in [-0.05, 0) is 25.0 Å². The summed E-state index contributed by atoms with van der Waals surface area (Å²) >= 11 is 5.70. The third kappa shape index (κ3) is 3.42. The summed E-state index contributed by atoms with van der Waals surface area (Å²) < 4.78 is 0. The van der Waals surface area contributed by atoms with Gasteiger partial charge in [0.1, 0.15) is 0 Å². The number of alkyl halides is 1. The zero-order valence-corrected chi connectivity index (χ0v) is 11.0. The lowest BCUT2D eigenvalue weighted by Gasteiger charge is -2.14. The van der Waals surface area contributed by atoms with Crippen LogP contribution in [0.3, 0.4) is 0 Å². The molecule has 3 nitrogen and oxygen atoms in total. The highest BCUT2D eigenvalue weighted by Crippen LogP contribution is 2.13. The second kappa shape index (κ2) is 6.69. The highest BCUT2D eigenvalue weighted by Gasteiger charge is 2.08. The Morgan fingerprint density at radius 2 is 2.06 bits per heavy atom. The number of halogens is 1. The first kappa shape index (κ1) is 13.3. The third-order valence-corrected chi connectivity index (χ3v) is 3.30. The van der Waals surface area contributed by atoms with Crippen molar-refractivity contribution in [2.24, 2.45) is 5.84 Å². The molecule has 1 aromatic heterocycles. The SMILES string of the molecule is NNC(CCCCl)Cc1ccc2ccccc2n1. The summed E-state index contributed by atoms with van der Waals surface area (Å²) in [5.74, 6) is 6.22. The zero-order valence-electron chi connectivity index (χ0n) is 10.3. The van der Waals surface area contributed by atoms with Gasteiger partial charge in [0.2, 0.25) is 0 Å². The Morgan fingerprint density at radius 1 is 1.22 bits per heavy atom. The van der Waals surface area contributed by atoms with Gasteiger partial charge in [-0.25, -0.2) is 0 Å². The molecule has 96 valence electrons. The van der Waals surface area contributed by atoms with E-state index in [1.807, 2.05) is 18.2 Å². The van der Waals surface area contributed by atoms with E-state index >= 15 is 0 Å². The van der Waals surface area contributed by atoms with Crippen LogP contribution in [0.25, 0.3) is 10.9 Å². The summed E-state index contributed by atoms with van der Waals surface area (Å²) in [5, 5.41) is 1.17. The van der Waals surface area contributed by atoms with E-state index in [4.69, 9.17) is 17.4 Å². The van der Waals surface area contributed by atoms with Crippen LogP contribution in [0.2, 0.25) is 0 Å². The molecule has 0 fully saturated rings. The predicted octanol–water partition coefficient (Wildman–Crippen LogP) is 2.63. The van der Waals surface area contributed by atoms with Gasteiger partial charge in [-0.2, -0.15) is 0 Å². The van der Waals surface area contributed by atoms with Crippen LogP contribution in [0.5, 0.6) is 0 Å². The quantitative estimate of drug-likeness (QED) is 0.479. The summed E-state index contributed by atoms with van der Waals surface area (Å²) in [6, 6.07) is 12.5. The molecule has 0 spiro atoms. The average molecular weight is 264 g/mol. The number of hydrogen-bond acceptors (Lipinski definition) is 3. The van der Waals surface area contributed by atoms with Gasteiger partial charge in [-0.15, -0.1) is 11.6 Å². The lowest BCUT2D eigenvalue weighted by molar-refractivity contribution is 0.483. The fraction of sp³-hybridized carbons (Fsp3) is 0.357. The van der Waals surface area contributed by atoms with E-state index in [2.05, 4.69) is 28.6 Å². The van der Waals surface area contributed by atoms with Gasteiger partial charge in [-0.3, -0.25) is 16.3 Å². The molecule has 0 saturated heterocycles. The molecule has 0 aliphatic heterocycles. The van der Waals surface area contributed by atoms with Crippen LogP contribution in [0, 0.1) is 0 Å². The van der Waals surface area contributed by atoms with Gasteiger partial charge in [0.05, 0.1) is 5.52 Å². The fourth-order valence-electron chi connectivity index (χ4n) is 2.04. The number of para-hydroxylation sites is 1. The third-order valence-electron chi connectivity index (χ3n) is 3.03. The molecule has 0 radical (unpaired) electrons. The Labute approximate surface area is 112 Å². The Morgan fingerprint density at radius 3 is 2.83 bits per heavy atom. The summed E-state index contributed by atoms with van der Waals surface area (Å²) in [6.07, 6.45) is 2.76. The minimum Gasteiger partial charge on any atom is -0.271 e. The van der Waals surface area contributed by atoms with Gasteiger partial charge in [0.15, 0.2) is 0 Å². The maximum Gasteiger partial charge on any atom is 0.0705 e. The zero-order chi connectivity index (χ0) is 12.8. The van der Waals surface area contributed by atoms with Crippen molar-refractivity contribution in [1.29, 1.82) is 0 Å². The van der Waals surface area contributed by atoms with Crippen LogP contribution in [-0.4, -0.2) is 16.9 Å². The van der Waals surface area contributed by atoms with Crippen LogP contribution in [0.4, 0.5) is 0 Å². The lowest BCUT2D eigenvalue weighted by Crippen LogP contribution is -2.37. The van der Waals surface area contributed by atoms with Crippen molar-refractivity contribution in [1.82, 2.24) is 10.4 Å². The van der Waals surface area contributed by atoms with E-state index in [9.17, 15) is 0 Å². The highest BCUT2D eigenvalue weighted by atomic mass is 35.5. The first-order chi connectivity index (χ1) is 8.83. The summed E-state index contributed by atoms with van der Waals surface area (Å²) in [7, 11) is 0. The van der Waals surface area contributed by atoms with Crippen molar-refractivity contribution in [3.8, 4) is 0 Å². The van der Waals surface area contributed by atoms with E-state index in [1.54, 1.807) is 0 Å². The molecule has 1 unspecified atom stereocenters. The molecule has 4 heteroatoms. The van der Waals surface area contributed by atoms with Gasteiger partial charge in [-0.1, -0.05) is 24.3 Å². The second-order valence-electron chi connectivity index (χ2n) is 4.39. The minimum atomic E-state index is 0.234. The molecule has 0 aliphatic carbocycles. The van der Waals surface area contributed by atoms with Gasteiger partial charge >= 0.3 is 0 Å². The molecule has 2 rings (SSSR count). The number of hydrazine groups is 1. The van der Waals surface area contributed by atoms with Crippen molar-refractivity contribution in [3.63, 3.8) is 0 Å². The van der Waals surface area contributed by atoms with Crippen molar-refractivity contribution in [2.45, 2.75) is 25.3 Å². The van der Waals surface area contributed by atoms with E-state index in [-0.39, 0.29) is 6.04 Å². The van der Waals surface area contributed by atoms with Crippen molar-refractivity contribution < 1.29 is 0 Å². The number of benzene rings is 1. The van der Waals surface area contributed by atoms with Gasteiger partial charge < -0.3 is 0 Å². The Kier molecular flexibility index (Phi) is 4.93. The maximum atomic E-state index is 5.70. The number of fused-ring (bicyclic) bond motifs is 1. The smallest absolute Gasteiger partial charge is 0.0705 e. The number of aromatic nitrogens is 1. The number of nitrogens with one attached hydrogen (secondary N) is 1. The Bertz CT molecular complexity index is 501. The molecule has 1 aromatic carbocycles. The lowest BCUT2D eigenvalue weighted by atomic mass is 10.1. The van der Waals surface area contributed by atoms with Crippen LogP contribution in [0.1, 0.15) is 18.5 Å². The predicted molar refractivity (Wildman–Crippen MR) is 76.5 cm³/mol. The average Bonchev–Trinajstić information content (AvgIpc) is 2.43. The molecule has 0 aliphatic rings. The molecular formula is C14H18ClN3. The number of nitrogens with two attached hydrogens (primary N) is 1.